The monoisotopic (exact) mass is 540 g/mol. The van der Waals surface area contributed by atoms with E-state index in [-0.39, 0.29) is 25.6 Å². The van der Waals surface area contributed by atoms with Gasteiger partial charge in [0.05, 0.1) is 30.9 Å². The van der Waals surface area contributed by atoms with Crippen LogP contribution in [-0.2, 0) is 33.8 Å². The number of fused-ring (bicyclic) bond motifs is 1. The van der Waals surface area contributed by atoms with Gasteiger partial charge < -0.3 is 23.9 Å². The number of ether oxygens (including phenoxy) is 3. The van der Waals surface area contributed by atoms with E-state index in [4.69, 9.17) is 18.6 Å². The van der Waals surface area contributed by atoms with Crippen LogP contribution < -0.4 is 10.1 Å². The molecule has 1 N–H and O–H groups in total. The van der Waals surface area contributed by atoms with Crippen LogP contribution in [0.5, 0.6) is 5.75 Å². The van der Waals surface area contributed by atoms with Crippen LogP contribution >= 0.6 is 0 Å². The van der Waals surface area contributed by atoms with E-state index in [2.05, 4.69) is 11.4 Å². The number of rotatable bonds is 9. The molecule has 8 heteroatoms. The lowest BCUT2D eigenvalue weighted by Gasteiger charge is -2.19. The highest BCUT2D eigenvalue weighted by Gasteiger charge is 2.17. The molecular weight excluding hydrogens is 508 g/mol. The van der Waals surface area contributed by atoms with Gasteiger partial charge in [-0.05, 0) is 80.8 Å². The Morgan fingerprint density at radius 2 is 1.85 bits per heavy atom. The number of carbonyl (C=O) groups excluding carboxylic acids is 2. The maximum Gasteiger partial charge on any atom is 0.407 e. The van der Waals surface area contributed by atoms with E-state index >= 15 is 0 Å². The fourth-order valence-electron chi connectivity index (χ4n) is 4.21. The molecule has 0 radical (unpaired) electrons. The van der Waals surface area contributed by atoms with E-state index in [0.717, 1.165) is 33.2 Å². The topological polar surface area (TPSA) is 111 Å². The molecule has 0 bridgehead atoms. The third kappa shape index (κ3) is 7.41. The standard InChI is InChI=1S/C32H32N2O6/c1-5-37-29(35)17-25-10-9-21(18-33)16-28(25)39-20-23-14-26-11-12-38-30(26)27(15-23)24-8-6-7-22(13-24)19-34-31(36)40-32(2,3)4/h6-16H,5,17,19-20H2,1-4H3,(H,34,36). The van der Waals surface area contributed by atoms with Crippen LogP contribution in [0.2, 0.25) is 0 Å². The highest BCUT2D eigenvalue weighted by Crippen LogP contribution is 2.32. The predicted octanol–water partition coefficient (Wildman–Crippen LogP) is 6.68. The fourth-order valence-corrected chi connectivity index (χ4v) is 4.21. The number of benzene rings is 3. The molecule has 40 heavy (non-hydrogen) atoms. The van der Waals surface area contributed by atoms with Crippen LogP contribution in [-0.4, -0.2) is 24.3 Å². The molecule has 4 aromatic rings. The van der Waals surface area contributed by atoms with Gasteiger partial charge in [-0.3, -0.25) is 4.79 Å². The summed E-state index contributed by atoms with van der Waals surface area (Å²) >= 11 is 0. The third-order valence-corrected chi connectivity index (χ3v) is 5.92. The summed E-state index contributed by atoms with van der Waals surface area (Å²) in [6, 6.07) is 20.8. The lowest BCUT2D eigenvalue weighted by atomic mass is 9.99. The van der Waals surface area contributed by atoms with Gasteiger partial charge in [-0.2, -0.15) is 5.26 Å². The van der Waals surface area contributed by atoms with E-state index in [1.54, 1.807) is 31.4 Å². The number of nitriles is 1. The smallest absolute Gasteiger partial charge is 0.407 e. The number of nitrogens with one attached hydrogen (secondary N) is 1. The molecule has 0 unspecified atom stereocenters. The van der Waals surface area contributed by atoms with E-state index in [0.29, 0.717) is 23.4 Å². The van der Waals surface area contributed by atoms with Crippen LogP contribution in [0.1, 0.15) is 49.9 Å². The van der Waals surface area contributed by atoms with Gasteiger partial charge in [0.25, 0.3) is 0 Å². The van der Waals surface area contributed by atoms with Crippen molar-refractivity contribution in [2.24, 2.45) is 0 Å². The molecule has 1 aromatic heterocycles. The summed E-state index contributed by atoms with van der Waals surface area (Å²) in [6.45, 7) is 8.02. The number of esters is 1. The van der Waals surface area contributed by atoms with Crippen molar-refractivity contribution >= 4 is 23.0 Å². The normalized spacial score (nSPS) is 11.1. The van der Waals surface area contributed by atoms with Gasteiger partial charge in [0.2, 0.25) is 0 Å². The Kier molecular flexibility index (Phi) is 8.75. The SMILES string of the molecule is CCOC(=O)Cc1ccc(C#N)cc1OCc1cc(-c2cccc(CNC(=O)OC(C)(C)C)c2)c2occc2c1. The average Bonchev–Trinajstić information content (AvgIpc) is 3.39. The Morgan fingerprint density at radius 1 is 1.02 bits per heavy atom. The minimum absolute atomic E-state index is 0.0466. The summed E-state index contributed by atoms with van der Waals surface area (Å²) in [5.41, 5.74) is 4.81. The summed E-state index contributed by atoms with van der Waals surface area (Å²) in [7, 11) is 0. The first-order chi connectivity index (χ1) is 19.1. The maximum atomic E-state index is 12.1. The Bertz CT molecular complexity index is 1560. The Balaban J connectivity index is 1.57. The number of hydrogen-bond acceptors (Lipinski definition) is 7. The van der Waals surface area contributed by atoms with Crippen molar-refractivity contribution < 1.29 is 28.2 Å². The maximum absolute atomic E-state index is 12.1. The van der Waals surface area contributed by atoms with Crippen molar-refractivity contribution in [3.05, 3.63) is 89.2 Å². The van der Waals surface area contributed by atoms with Crippen molar-refractivity contribution in [3.63, 3.8) is 0 Å². The lowest BCUT2D eigenvalue weighted by molar-refractivity contribution is -0.142. The van der Waals surface area contributed by atoms with Crippen LogP contribution in [0, 0.1) is 11.3 Å². The first-order valence-corrected chi connectivity index (χ1v) is 13.0. The number of alkyl carbamates (subject to hydrolysis) is 1. The van der Waals surface area contributed by atoms with Gasteiger partial charge in [-0.15, -0.1) is 0 Å². The predicted molar refractivity (Wildman–Crippen MR) is 151 cm³/mol. The summed E-state index contributed by atoms with van der Waals surface area (Å²) in [5.74, 6) is 0.0939. The molecule has 0 atom stereocenters. The highest BCUT2D eigenvalue weighted by atomic mass is 16.6. The number of hydrogen-bond donors (Lipinski definition) is 1. The van der Waals surface area contributed by atoms with Crippen molar-refractivity contribution in [1.29, 1.82) is 5.26 Å². The average molecular weight is 541 g/mol. The van der Waals surface area contributed by atoms with Gasteiger partial charge in [-0.25, -0.2) is 4.79 Å². The van der Waals surface area contributed by atoms with Gasteiger partial charge in [-0.1, -0.05) is 24.3 Å². The summed E-state index contributed by atoms with van der Waals surface area (Å²) < 4.78 is 22.4. The molecule has 3 aromatic carbocycles. The van der Waals surface area contributed by atoms with Crippen LogP contribution in [0.25, 0.3) is 22.1 Å². The quantitative estimate of drug-likeness (QED) is 0.236. The number of carbonyl (C=O) groups is 2. The van der Waals surface area contributed by atoms with E-state index in [1.165, 1.54) is 0 Å². The molecule has 8 nitrogen and oxygen atoms in total. The van der Waals surface area contributed by atoms with Gasteiger partial charge in [0, 0.05) is 23.1 Å². The summed E-state index contributed by atoms with van der Waals surface area (Å²) in [4.78, 5) is 24.2. The Labute approximate surface area is 233 Å². The van der Waals surface area contributed by atoms with Crippen LogP contribution in [0.15, 0.2) is 71.3 Å². The molecule has 1 amide bonds. The second kappa shape index (κ2) is 12.4. The Morgan fingerprint density at radius 3 is 2.60 bits per heavy atom. The molecular formula is C32H32N2O6. The Hall–Kier alpha value is -4.77. The first kappa shape index (κ1) is 28.2. The number of furan rings is 1. The molecule has 0 aliphatic heterocycles. The second-order valence-electron chi connectivity index (χ2n) is 10.2. The van der Waals surface area contributed by atoms with E-state index in [9.17, 15) is 14.9 Å². The fraction of sp³-hybridized carbons (Fsp3) is 0.281. The molecule has 0 aliphatic rings. The van der Waals surface area contributed by atoms with Crippen LogP contribution in [0.4, 0.5) is 4.79 Å². The molecule has 0 fully saturated rings. The zero-order valence-electron chi connectivity index (χ0n) is 23.1. The summed E-state index contributed by atoms with van der Waals surface area (Å²) in [6.07, 6.45) is 1.21. The zero-order valence-corrected chi connectivity index (χ0v) is 23.1. The van der Waals surface area contributed by atoms with Gasteiger partial charge in [0.15, 0.2) is 0 Å². The van der Waals surface area contributed by atoms with E-state index < -0.39 is 11.7 Å². The molecule has 0 spiro atoms. The minimum atomic E-state index is -0.575. The zero-order chi connectivity index (χ0) is 28.7. The van der Waals surface area contributed by atoms with Crippen molar-refractivity contribution in [2.75, 3.05) is 6.61 Å². The van der Waals surface area contributed by atoms with Crippen molar-refractivity contribution in [3.8, 4) is 22.9 Å². The lowest BCUT2D eigenvalue weighted by Crippen LogP contribution is -2.32. The van der Waals surface area contributed by atoms with Gasteiger partial charge in [0.1, 0.15) is 23.5 Å². The van der Waals surface area contributed by atoms with E-state index in [1.807, 2.05) is 63.2 Å². The summed E-state index contributed by atoms with van der Waals surface area (Å²) in [5, 5.41) is 13.1. The molecule has 0 saturated heterocycles. The van der Waals surface area contributed by atoms with Gasteiger partial charge >= 0.3 is 12.1 Å². The largest absolute Gasteiger partial charge is 0.489 e. The van der Waals surface area contributed by atoms with Crippen molar-refractivity contribution in [1.82, 2.24) is 5.32 Å². The molecule has 1 heterocycles. The van der Waals surface area contributed by atoms with Crippen LogP contribution in [0.3, 0.4) is 0 Å². The molecule has 4 rings (SSSR count). The number of amides is 1. The third-order valence-electron chi connectivity index (χ3n) is 5.92. The number of nitrogens with zero attached hydrogens (tertiary/aromatic N) is 1. The molecule has 206 valence electrons. The first-order valence-electron chi connectivity index (χ1n) is 13.0. The molecule has 0 saturated carbocycles. The van der Waals surface area contributed by atoms with Crippen molar-refractivity contribution in [2.45, 2.75) is 52.9 Å². The minimum Gasteiger partial charge on any atom is -0.489 e. The molecule has 0 aliphatic carbocycles. The second-order valence-corrected chi connectivity index (χ2v) is 10.2. The highest BCUT2D eigenvalue weighted by molar-refractivity contribution is 5.93.